The van der Waals surface area contributed by atoms with Gasteiger partial charge >= 0.3 is 5.69 Å². The maximum atomic E-state index is 13.3. The third kappa shape index (κ3) is 6.21. The summed E-state index contributed by atoms with van der Waals surface area (Å²) in [6, 6.07) is 12.4. The molecular weight excluding hydrogens is 551 g/mol. The van der Waals surface area contributed by atoms with Gasteiger partial charge in [-0.1, -0.05) is 12.1 Å². The quantitative estimate of drug-likeness (QED) is 0.207. The SMILES string of the molecule is COc1cc(/C=C2/SC(=O)N(CC(=O)Nc3cccc(F)c3)C2=O)ccc1Oc1ccc([N+](=O)[O-])cc1[N+](=O)[O-]. The minimum absolute atomic E-state index is 0.0188. The highest BCUT2D eigenvalue weighted by Crippen LogP contribution is 2.39. The lowest BCUT2D eigenvalue weighted by Crippen LogP contribution is -2.36. The van der Waals surface area contributed by atoms with Gasteiger partial charge in [-0.15, -0.1) is 0 Å². The first-order valence-corrected chi connectivity index (χ1v) is 12.0. The van der Waals surface area contributed by atoms with E-state index in [2.05, 4.69) is 5.32 Å². The third-order valence-corrected chi connectivity index (χ3v) is 6.25. The summed E-state index contributed by atoms with van der Waals surface area (Å²) in [6.07, 6.45) is 1.38. The number of nitro benzene ring substituents is 2. The number of halogens is 1. The van der Waals surface area contributed by atoms with E-state index in [1.807, 2.05) is 0 Å². The van der Waals surface area contributed by atoms with Crippen LogP contribution in [-0.2, 0) is 9.59 Å². The number of imide groups is 1. The van der Waals surface area contributed by atoms with Crippen LogP contribution in [0.2, 0.25) is 0 Å². The van der Waals surface area contributed by atoms with Gasteiger partial charge in [0.1, 0.15) is 12.4 Å². The highest BCUT2D eigenvalue weighted by molar-refractivity contribution is 8.18. The van der Waals surface area contributed by atoms with E-state index in [1.165, 1.54) is 49.6 Å². The van der Waals surface area contributed by atoms with Crippen molar-refractivity contribution in [2.45, 2.75) is 0 Å². The van der Waals surface area contributed by atoms with Crippen LogP contribution >= 0.6 is 11.8 Å². The number of benzene rings is 3. The Hall–Kier alpha value is -5.31. The summed E-state index contributed by atoms with van der Waals surface area (Å²) in [5, 5.41) is 24.1. The number of carbonyl (C=O) groups is 3. The Morgan fingerprint density at radius 2 is 1.77 bits per heavy atom. The zero-order chi connectivity index (χ0) is 29.0. The number of rotatable bonds is 9. The summed E-state index contributed by atoms with van der Waals surface area (Å²) in [4.78, 5) is 59.1. The molecule has 3 aromatic carbocycles. The largest absolute Gasteiger partial charge is 0.493 e. The molecule has 0 spiro atoms. The Balaban J connectivity index is 1.51. The standard InChI is InChI=1S/C25H17FN4O9S/c1-38-21-9-14(5-7-20(21)39-19-8-6-17(29(34)35)12-18(19)30(36)37)10-22-24(32)28(25(33)40-22)13-23(31)27-16-4-2-3-15(26)11-16/h2-12H,13H2,1H3,(H,27,31)/b22-10+. The predicted octanol–water partition coefficient (Wildman–Crippen LogP) is 5.12. The molecule has 1 N–H and O–H groups in total. The summed E-state index contributed by atoms with van der Waals surface area (Å²) >= 11 is 0.613. The molecule has 0 bridgehead atoms. The maximum absolute atomic E-state index is 13.3. The molecule has 4 rings (SSSR count). The Kier molecular flexibility index (Phi) is 8.04. The van der Waals surface area contributed by atoms with Gasteiger partial charge in [-0.3, -0.25) is 39.5 Å². The van der Waals surface area contributed by atoms with Crippen molar-refractivity contribution in [3.05, 3.63) is 97.2 Å². The minimum Gasteiger partial charge on any atom is -0.493 e. The monoisotopic (exact) mass is 568 g/mol. The highest BCUT2D eigenvalue weighted by atomic mass is 32.2. The lowest BCUT2D eigenvalue weighted by molar-refractivity contribution is -0.394. The van der Waals surface area contributed by atoms with Crippen molar-refractivity contribution in [3.63, 3.8) is 0 Å². The fourth-order valence-electron chi connectivity index (χ4n) is 3.52. The van der Waals surface area contributed by atoms with Gasteiger partial charge in [0.25, 0.3) is 16.8 Å². The van der Waals surface area contributed by atoms with Gasteiger partial charge in [0.2, 0.25) is 11.7 Å². The van der Waals surface area contributed by atoms with Crippen LogP contribution in [0.15, 0.2) is 65.6 Å². The third-order valence-electron chi connectivity index (χ3n) is 5.34. The topological polar surface area (TPSA) is 171 Å². The molecule has 204 valence electrons. The second-order valence-electron chi connectivity index (χ2n) is 8.00. The molecule has 0 unspecified atom stereocenters. The Morgan fingerprint density at radius 1 is 1.02 bits per heavy atom. The summed E-state index contributed by atoms with van der Waals surface area (Å²) in [7, 11) is 1.31. The summed E-state index contributed by atoms with van der Waals surface area (Å²) in [5.41, 5.74) is -0.546. The summed E-state index contributed by atoms with van der Waals surface area (Å²) in [6.45, 7) is -0.581. The van der Waals surface area contributed by atoms with Crippen LogP contribution in [0.25, 0.3) is 6.08 Å². The fourth-order valence-corrected chi connectivity index (χ4v) is 4.36. The van der Waals surface area contributed by atoms with Gasteiger partial charge in [0.15, 0.2) is 11.5 Å². The maximum Gasteiger partial charge on any atom is 0.318 e. The molecule has 0 atom stereocenters. The van der Waals surface area contributed by atoms with E-state index < -0.39 is 50.6 Å². The molecule has 3 aromatic rings. The number of anilines is 1. The molecule has 0 saturated carbocycles. The highest BCUT2D eigenvalue weighted by Gasteiger charge is 2.36. The van der Waals surface area contributed by atoms with Gasteiger partial charge in [-0.05, 0) is 59.8 Å². The smallest absolute Gasteiger partial charge is 0.318 e. The number of nitrogens with zero attached hydrogens (tertiary/aromatic N) is 3. The number of methoxy groups -OCH3 is 1. The van der Waals surface area contributed by atoms with E-state index in [0.29, 0.717) is 17.3 Å². The molecule has 1 saturated heterocycles. The molecule has 1 heterocycles. The molecule has 13 nitrogen and oxygen atoms in total. The molecule has 15 heteroatoms. The van der Waals surface area contributed by atoms with Crippen LogP contribution in [0.3, 0.4) is 0 Å². The number of nitrogens with one attached hydrogen (secondary N) is 1. The Labute approximate surface area is 228 Å². The van der Waals surface area contributed by atoms with E-state index in [-0.39, 0.29) is 27.8 Å². The van der Waals surface area contributed by atoms with Crippen molar-refractivity contribution in [1.82, 2.24) is 4.90 Å². The Morgan fingerprint density at radius 3 is 2.45 bits per heavy atom. The number of hydrogen-bond donors (Lipinski definition) is 1. The number of ether oxygens (including phenoxy) is 2. The number of non-ortho nitro benzene ring substituents is 1. The lowest BCUT2D eigenvalue weighted by Gasteiger charge is -2.12. The van der Waals surface area contributed by atoms with E-state index in [0.717, 1.165) is 29.2 Å². The summed E-state index contributed by atoms with van der Waals surface area (Å²) in [5.74, 6) is -2.10. The summed E-state index contributed by atoms with van der Waals surface area (Å²) < 4.78 is 24.2. The predicted molar refractivity (Wildman–Crippen MR) is 141 cm³/mol. The number of nitro groups is 2. The van der Waals surface area contributed by atoms with E-state index in [4.69, 9.17) is 9.47 Å². The van der Waals surface area contributed by atoms with E-state index >= 15 is 0 Å². The van der Waals surface area contributed by atoms with Crippen LogP contribution in [0.4, 0.5) is 26.2 Å². The second kappa shape index (κ2) is 11.6. The van der Waals surface area contributed by atoms with Crippen LogP contribution in [0, 0.1) is 26.0 Å². The van der Waals surface area contributed by atoms with Crippen molar-refractivity contribution in [3.8, 4) is 17.2 Å². The number of amides is 3. The van der Waals surface area contributed by atoms with E-state index in [1.54, 1.807) is 0 Å². The van der Waals surface area contributed by atoms with Crippen molar-refractivity contribution in [1.29, 1.82) is 0 Å². The zero-order valence-corrected chi connectivity index (χ0v) is 21.2. The van der Waals surface area contributed by atoms with Gasteiger partial charge < -0.3 is 14.8 Å². The molecule has 0 radical (unpaired) electrons. The molecule has 0 aliphatic carbocycles. The molecule has 40 heavy (non-hydrogen) atoms. The first-order chi connectivity index (χ1) is 19.0. The fraction of sp³-hybridized carbons (Fsp3) is 0.0800. The van der Waals surface area contributed by atoms with Crippen LogP contribution < -0.4 is 14.8 Å². The Bertz CT molecular complexity index is 1590. The van der Waals surface area contributed by atoms with Gasteiger partial charge in [-0.2, -0.15) is 0 Å². The first kappa shape index (κ1) is 27.7. The van der Waals surface area contributed by atoms with Gasteiger partial charge in [0.05, 0.1) is 27.9 Å². The number of hydrogen-bond acceptors (Lipinski definition) is 10. The first-order valence-electron chi connectivity index (χ1n) is 11.1. The van der Waals surface area contributed by atoms with Crippen molar-refractivity contribution >= 4 is 52.0 Å². The average molecular weight is 568 g/mol. The molecule has 1 aliphatic heterocycles. The van der Waals surface area contributed by atoms with Crippen LogP contribution in [0.5, 0.6) is 17.2 Å². The zero-order valence-electron chi connectivity index (χ0n) is 20.4. The van der Waals surface area contributed by atoms with Crippen molar-refractivity contribution in [2.75, 3.05) is 19.0 Å². The van der Waals surface area contributed by atoms with E-state index in [9.17, 15) is 39.0 Å². The van der Waals surface area contributed by atoms with Crippen molar-refractivity contribution < 1.29 is 38.1 Å². The number of carbonyl (C=O) groups excluding carboxylic acids is 3. The van der Waals surface area contributed by atoms with Gasteiger partial charge in [0, 0.05) is 11.8 Å². The normalized spacial score (nSPS) is 13.8. The molecule has 0 aromatic heterocycles. The molecular formula is C25H17FN4O9S. The molecule has 3 amide bonds. The molecule has 1 fully saturated rings. The average Bonchev–Trinajstić information content (AvgIpc) is 3.16. The van der Waals surface area contributed by atoms with Crippen LogP contribution in [0.1, 0.15) is 5.56 Å². The second-order valence-corrected chi connectivity index (χ2v) is 9.00. The lowest BCUT2D eigenvalue weighted by atomic mass is 10.1. The van der Waals surface area contributed by atoms with Crippen LogP contribution in [-0.4, -0.2) is 45.5 Å². The molecule has 1 aliphatic rings. The number of thioether (sulfide) groups is 1. The minimum atomic E-state index is -0.822. The van der Waals surface area contributed by atoms with Crippen molar-refractivity contribution in [2.24, 2.45) is 0 Å². The van der Waals surface area contributed by atoms with Gasteiger partial charge in [-0.25, -0.2) is 4.39 Å².